The van der Waals surface area contributed by atoms with Crippen LogP contribution in [0.5, 0.6) is 0 Å². The molecular formula is C16H11Cl3N2O2S. The van der Waals surface area contributed by atoms with E-state index in [1.54, 1.807) is 12.1 Å². The molecule has 0 spiro atoms. The number of thioether (sulfide) groups is 1. The molecule has 0 amide bonds. The Morgan fingerprint density at radius 1 is 0.958 bits per heavy atom. The minimum absolute atomic E-state index is 0.209. The van der Waals surface area contributed by atoms with Crippen molar-refractivity contribution < 1.29 is 4.92 Å². The van der Waals surface area contributed by atoms with Crippen molar-refractivity contribution in [2.45, 2.75) is 4.90 Å². The second-order valence-electron chi connectivity index (χ2n) is 4.42. The summed E-state index contributed by atoms with van der Waals surface area (Å²) in [6, 6.07) is 18.2. The molecule has 0 saturated heterocycles. The average molecular weight is 402 g/mol. The van der Waals surface area contributed by atoms with Crippen molar-refractivity contribution in [1.29, 1.82) is 0 Å². The van der Waals surface area contributed by atoms with E-state index in [-0.39, 0.29) is 14.6 Å². The minimum Gasteiger partial charge on any atom is -0.344 e. The van der Waals surface area contributed by atoms with E-state index in [0.717, 1.165) is 16.7 Å². The van der Waals surface area contributed by atoms with Gasteiger partial charge in [-0.2, -0.15) is 0 Å². The summed E-state index contributed by atoms with van der Waals surface area (Å²) < 4.78 is -0.371. The van der Waals surface area contributed by atoms with Gasteiger partial charge >= 0.3 is 5.70 Å². The van der Waals surface area contributed by atoms with Crippen LogP contribution in [0.1, 0.15) is 0 Å². The van der Waals surface area contributed by atoms with Gasteiger partial charge < -0.3 is 5.32 Å². The number of nitrogens with one attached hydrogen (secondary N) is 1. The van der Waals surface area contributed by atoms with E-state index in [4.69, 9.17) is 34.8 Å². The Labute approximate surface area is 158 Å². The van der Waals surface area contributed by atoms with Crippen LogP contribution in [-0.2, 0) is 0 Å². The second kappa shape index (κ2) is 8.99. The molecule has 0 aliphatic carbocycles. The summed E-state index contributed by atoms with van der Waals surface area (Å²) in [5.74, 6) is 0. The van der Waals surface area contributed by atoms with Crippen LogP contribution >= 0.6 is 46.6 Å². The smallest absolute Gasteiger partial charge is 0.320 e. The summed E-state index contributed by atoms with van der Waals surface area (Å²) in [6.45, 7) is 0. The number of anilines is 1. The summed E-state index contributed by atoms with van der Waals surface area (Å²) in [5.41, 5.74) is 0.278. The van der Waals surface area contributed by atoms with Gasteiger partial charge in [-0.05, 0) is 24.3 Å². The van der Waals surface area contributed by atoms with Gasteiger partial charge in [0, 0.05) is 10.6 Å². The first-order chi connectivity index (χ1) is 11.5. The lowest BCUT2D eigenvalue weighted by Crippen LogP contribution is -2.09. The van der Waals surface area contributed by atoms with Crippen LogP contribution in [0.4, 0.5) is 5.69 Å². The molecule has 24 heavy (non-hydrogen) atoms. The Morgan fingerprint density at radius 2 is 1.50 bits per heavy atom. The van der Waals surface area contributed by atoms with Crippen LogP contribution in [0, 0.1) is 10.1 Å². The van der Waals surface area contributed by atoms with Gasteiger partial charge in [0.2, 0.25) is 0 Å². The molecule has 2 aromatic carbocycles. The fraction of sp³-hybridized carbons (Fsp3) is 0. The van der Waals surface area contributed by atoms with Crippen LogP contribution in [0.2, 0.25) is 0 Å². The third-order valence-corrected chi connectivity index (χ3v) is 4.71. The molecule has 0 unspecified atom stereocenters. The van der Waals surface area contributed by atoms with E-state index in [2.05, 4.69) is 5.32 Å². The monoisotopic (exact) mass is 400 g/mol. The first kappa shape index (κ1) is 18.7. The predicted molar refractivity (Wildman–Crippen MR) is 101 cm³/mol. The molecule has 124 valence electrons. The van der Waals surface area contributed by atoms with Gasteiger partial charge in [0.25, 0.3) is 0 Å². The zero-order valence-corrected chi connectivity index (χ0v) is 15.2. The maximum absolute atomic E-state index is 11.5. The summed E-state index contributed by atoms with van der Waals surface area (Å²) in [4.78, 5) is 11.7. The maximum Gasteiger partial charge on any atom is 0.320 e. The van der Waals surface area contributed by atoms with Gasteiger partial charge in [-0.15, -0.1) is 0 Å². The maximum atomic E-state index is 11.5. The second-order valence-corrected chi connectivity index (χ2v) is 6.83. The summed E-state index contributed by atoms with van der Waals surface area (Å²) in [5, 5.41) is 14.4. The van der Waals surface area contributed by atoms with Crippen molar-refractivity contribution >= 4 is 52.3 Å². The summed E-state index contributed by atoms with van der Waals surface area (Å²) in [7, 11) is 0. The third kappa shape index (κ3) is 5.18. The van der Waals surface area contributed by atoms with Crippen LogP contribution in [0.15, 0.2) is 85.8 Å². The number of halogens is 3. The molecular weight excluding hydrogens is 391 g/mol. The molecule has 0 atom stereocenters. The number of nitro groups is 1. The fourth-order valence-electron chi connectivity index (χ4n) is 1.74. The topological polar surface area (TPSA) is 55.2 Å². The fourth-order valence-corrected chi connectivity index (χ4v) is 3.11. The molecule has 8 heteroatoms. The number of hydrogen-bond acceptors (Lipinski definition) is 4. The molecule has 0 aliphatic heterocycles. The molecule has 0 bridgehead atoms. The van der Waals surface area contributed by atoms with E-state index in [9.17, 15) is 10.1 Å². The van der Waals surface area contributed by atoms with Crippen LogP contribution in [0.3, 0.4) is 0 Å². The first-order valence-electron chi connectivity index (χ1n) is 6.64. The minimum atomic E-state index is -0.617. The predicted octanol–water partition coefficient (Wildman–Crippen LogP) is 6.22. The molecule has 0 aromatic heterocycles. The highest BCUT2D eigenvalue weighted by Gasteiger charge is 2.26. The number of hydrogen-bond donors (Lipinski definition) is 1. The van der Waals surface area contributed by atoms with E-state index < -0.39 is 10.6 Å². The molecule has 1 N–H and O–H groups in total. The van der Waals surface area contributed by atoms with E-state index >= 15 is 0 Å². The zero-order valence-electron chi connectivity index (χ0n) is 12.1. The normalized spacial score (nSPS) is 11.5. The third-order valence-electron chi connectivity index (χ3n) is 2.77. The van der Waals surface area contributed by atoms with Gasteiger partial charge in [0.15, 0.2) is 10.1 Å². The van der Waals surface area contributed by atoms with Crippen molar-refractivity contribution in [3.8, 4) is 0 Å². The average Bonchev–Trinajstić information content (AvgIpc) is 2.56. The number of para-hydroxylation sites is 1. The van der Waals surface area contributed by atoms with Crippen molar-refractivity contribution in [2.24, 2.45) is 0 Å². The Morgan fingerprint density at radius 3 is 2.00 bits per heavy atom. The van der Waals surface area contributed by atoms with Crippen LogP contribution in [-0.4, -0.2) is 4.92 Å². The molecule has 0 radical (unpaired) electrons. The molecule has 0 saturated carbocycles. The van der Waals surface area contributed by atoms with Gasteiger partial charge in [0.1, 0.15) is 4.49 Å². The first-order valence-corrected chi connectivity index (χ1v) is 8.59. The highest BCUT2D eigenvalue weighted by molar-refractivity contribution is 8.03. The number of rotatable bonds is 6. The molecule has 2 rings (SSSR count). The quantitative estimate of drug-likeness (QED) is 0.270. The van der Waals surface area contributed by atoms with Crippen molar-refractivity contribution in [3.05, 3.63) is 91.0 Å². The summed E-state index contributed by atoms with van der Waals surface area (Å²) >= 11 is 18.4. The van der Waals surface area contributed by atoms with E-state index in [1.807, 2.05) is 48.5 Å². The van der Waals surface area contributed by atoms with E-state index in [0.29, 0.717) is 5.69 Å². The SMILES string of the molecule is O=[N+]([O-])/C(C(Cl)=C(Cl)Cl)=C(\Nc1ccccc1)Sc1ccccc1. The zero-order chi connectivity index (χ0) is 17.5. The Hall–Kier alpha value is -1.66. The van der Waals surface area contributed by atoms with Crippen LogP contribution < -0.4 is 5.32 Å². The lowest BCUT2D eigenvalue weighted by molar-refractivity contribution is -0.420. The molecule has 0 heterocycles. The largest absolute Gasteiger partial charge is 0.344 e. The number of allylic oxidation sites excluding steroid dienone is 1. The standard InChI is InChI=1S/C16H11Cl3N2O2S/c17-13(15(18)19)14(21(22)23)16(20-11-7-3-1-4-8-11)24-12-9-5-2-6-10-12/h1-10,20H/b16-14+. The molecule has 4 nitrogen and oxygen atoms in total. The molecule has 2 aromatic rings. The molecule has 0 fully saturated rings. The van der Waals surface area contributed by atoms with Gasteiger partial charge in [-0.1, -0.05) is 83.0 Å². The number of nitrogens with zero attached hydrogens (tertiary/aromatic N) is 1. The van der Waals surface area contributed by atoms with Crippen molar-refractivity contribution in [1.82, 2.24) is 0 Å². The van der Waals surface area contributed by atoms with Crippen LogP contribution in [0.25, 0.3) is 0 Å². The highest BCUT2D eigenvalue weighted by Crippen LogP contribution is 2.36. The lowest BCUT2D eigenvalue weighted by Gasteiger charge is -2.11. The van der Waals surface area contributed by atoms with Crippen molar-refractivity contribution in [2.75, 3.05) is 5.32 Å². The van der Waals surface area contributed by atoms with Gasteiger partial charge in [-0.25, -0.2) is 0 Å². The van der Waals surface area contributed by atoms with Gasteiger partial charge in [-0.3, -0.25) is 10.1 Å². The number of benzene rings is 2. The Balaban J connectivity index is 2.53. The van der Waals surface area contributed by atoms with Gasteiger partial charge in [0.05, 0.1) is 4.92 Å². The van der Waals surface area contributed by atoms with Crippen molar-refractivity contribution in [3.63, 3.8) is 0 Å². The Bertz CT molecular complexity index is 733. The lowest BCUT2D eigenvalue weighted by atomic mass is 10.3. The molecule has 0 aliphatic rings. The summed E-state index contributed by atoms with van der Waals surface area (Å²) in [6.07, 6.45) is 0. The van der Waals surface area contributed by atoms with E-state index in [1.165, 1.54) is 0 Å². The highest BCUT2D eigenvalue weighted by atomic mass is 35.5. The Kier molecular flexibility index (Phi) is 6.99.